The van der Waals surface area contributed by atoms with Gasteiger partial charge in [-0.15, -0.1) is 0 Å². The van der Waals surface area contributed by atoms with Crippen molar-refractivity contribution in [2.24, 2.45) is 0 Å². The number of hydrogen-bond acceptors (Lipinski definition) is 3. The Labute approximate surface area is 112 Å². The Balaban J connectivity index is 2.75. The summed E-state index contributed by atoms with van der Waals surface area (Å²) < 4.78 is 12.0. The molecule has 1 aliphatic heterocycles. The zero-order valence-corrected chi connectivity index (χ0v) is 13.8. The maximum absolute atomic E-state index is 9.98. The van der Waals surface area contributed by atoms with Crippen LogP contribution in [0.3, 0.4) is 0 Å². The Morgan fingerprint density at radius 3 is 2.39 bits per heavy atom. The van der Waals surface area contributed by atoms with Crippen molar-refractivity contribution in [1.82, 2.24) is 0 Å². The lowest BCUT2D eigenvalue weighted by Crippen LogP contribution is -2.48. The molecule has 0 aromatic carbocycles. The molecule has 4 heteroatoms. The largest absolute Gasteiger partial charge is 0.392 e. The number of aliphatic hydroxyl groups is 1. The van der Waals surface area contributed by atoms with Gasteiger partial charge in [-0.05, 0) is 37.6 Å². The van der Waals surface area contributed by atoms with Gasteiger partial charge in [0, 0.05) is 6.42 Å². The summed E-state index contributed by atoms with van der Waals surface area (Å²) in [5, 5.41) is 10.1. The van der Waals surface area contributed by atoms with Gasteiger partial charge >= 0.3 is 0 Å². The molecular weight excluding hydrogens is 244 g/mol. The van der Waals surface area contributed by atoms with E-state index in [1.807, 2.05) is 19.9 Å². The molecule has 106 valence electrons. The Morgan fingerprint density at radius 2 is 1.94 bits per heavy atom. The fraction of sp³-hybridized carbons (Fsp3) is 0.857. The van der Waals surface area contributed by atoms with Crippen LogP contribution in [0.25, 0.3) is 0 Å². The standard InChI is InChI=1S/C14H28O3Si/c1-8-11-9-12(16-10(2)13(11)15)17-18(6,7)14(3,4)5/h8,10,12-13,15H,9H2,1-7H3/b11-8+/t10-,12-,13-/m1/s1. The number of hydrogen-bond donors (Lipinski definition) is 1. The molecule has 1 N–H and O–H groups in total. The molecule has 0 unspecified atom stereocenters. The number of ether oxygens (including phenoxy) is 1. The van der Waals surface area contributed by atoms with Gasteiger partial charge in [-0.25, -0.2) is 0 Å². The summed E-state index contributed by atoms with van der Waals surface area (Å²) in [5.74, 6) is 0. The monoisotopic (exact) mass is 272 g/mol. The van der Waals surface area contributed by atoms with E-state index in [0.29, 0.717) is 6.42 Å². The van der Waals surface area contributed by atoms with Crippen LogP contribution in [0.5, 0.6) is 0 Å². The molecule has 1 aliphatic rings. The van der Waals surface area contributed by atoms with Crippen molar-refractivity contribution < 1.29 is 14.3 Å². The van der Waals surface area contributed by atoms with E-state index >= 15 is 0 Å². The lowest BCUT2D eigenvalue weighted by Gasteiger charge is -2.42. The van der Waals surface area contributed by atoms with Crippen molar-refractivity contribution in [3.05, 3.63) is 11.6 Å². The average Bonchev–Trinajstić information content (AvgIpc) is 2.21. The van der Waals surface area contributed by atoms with Gasteiger partial charge in [-0.3, -0.25) is 0 Å². The molecule has 0 aromatic rings. The first-order valence-corrected chi connectivity index (χ1v) is 9.65. The molecule has 0 amide bonds. The normalized spacial score (nSPS) is 32.9. The van der Waals surface area contributed by atoms with Crippen LogP contribution in [0, 0.1) is 0 Å². The molecule has 0 bridgehead atoms. The Morgan fingerprint density at radius 1 is 1.39 bits per heavy atom. The minimum atomic E-state index is -1.82. The van der Waals surface area contributed by atoms with Crippen molar-refractivity contribution in [3.63, 3.8) is 0 Å². The molecular formula is C14H28O3Si. The zero-order valence-electron chi connectivity index (χ0n) is 12.8. The van der Waals surface area contributed by atoms with Crippen molar-refractivity contribution in [2.45, 2.75) is 77.7 Å². The van der Waals surface area contributed by atoms with Crippen molar-refractivity contribution in [1.29, 1.82) is 0 Å². The molecule has 1 fully saturated rings. The van der Waals surface area contributed by atoms with Gasteiger partial charge in [-0.1, -0.05) is 26.8 Å². The van der Waals surface area contributed by atoms with Gasteiger partial charge in [0.15, 0.2) is 14.6 Å². The molecule has 3 nitrogen and oxygen atoms in total. The molecule has 3 atom stereocenters. The fourth-order valence-electron chi connectivity index (χ4n) is 1.84. The summed E-state index contributed by atoms with van der Waals surface area (Å²) in [4.78, 5) is 0. The van der Waals surface area contributed by atoms with Crippen LogP contribution in [0.15, 0.2) is 11.6 Å². The van der Waals surface area contributed by atoms with Crippen molar-refractivity contribution >= 4 is 8.32 Å². The van der Waals surface area contributed by atoms with Crippen LogP contribution < -0.4 is 0 Å². The third-order valence-electron chi connectivity index (χ3n) is 4.20. The average molecular weight is 272 g/mol. The van der Waals surface area contributed by atoms with E-state index in [-0.39, 0.29) is 17.4 Å². The SMILES string of the molecule is C/C=C1\C[C@@H](O[Si](C)(C)C(C)(C)C)O[C@H](C)[C@H]1O. The molecule has 1 saturated heterocycles. The van der Waals surface area contributed by atoms with Crippen LogP contribution in [-0.2, 0) is 9.16 Å². The highest BCUT2D eigenvalue weighted by Crippen LogP contribution is 2.39. The highest BCUT2D eigenvalue weighted by atomic mass is 28.4. The van der Waals surface area contributed by atoms with Gasteiger partial charge in [0.25, 0.3) is 0 Å². The van der Waals surface area contributed by atoms with Crippen molar-refractivity contribution in [3.8, 4) is 0 Å². The Kier molecular flexibility index (Phi) is 4.81. The maximum Gasteiger partial charge on any atom is 0.195 e. The second-order valence-electron chi connectivity index (χ2n) is 6.66. The van der Waals surface area contributed by atoms with E-state index < -0.39 is 14.4 Å². The summed E-state index contributed by atoms with van der Waals surface area (Å²) in [6.07, 6.45) is 1.75. The second-order valence-corrected chi connectivity index (χ2v) is 11.4. The third-order valence-corrected chi connectivity index (χ3v) is 8.66. The molecule has 18 heavy (non-hydrogen) atoms. The molecule has 0 radical (unpaired) electrons. The Bertz CT molecular complexity index is 317. The van der Waals surface area contributed by atoms with E-state index in [2.05, 4.69) is 33.9 Å². The lowest BCUT2D eigenvalue weighted by molar-refractivity contribution is -0.165. The molecule has 0 aliphatic carbocycles. The summed E-state index contributed by atoms with van der Waals surface area (Å²) in [6, 6.07) is 0. The summed E-state index contributed by atoms with van der Waals surface area (Å²) in [7, 11) is -1.82. The summed E-state index contributed by atoms with van der Waals surface area (Å²) >= 11 is 0. The molecule has 0 aromatic heterocycles. The molecule has 0 spiro atoms. The van der Waals surface area contributed by atoms with Gasteiger partial charge in [-0.2, -0.15) is 0 Å². The van der Waals surface area contributed by atoms with E-state index in [1.165, 1.54) is 0 Å². The predicted molar refractivity (Wildman–Crippen MR) is 77.0 cm³/mol. The second kappa shape index (κ2) is 5.45. The van der Waals surface area contributed by atoms with Crippen LogP contribution in [0.1, 0.15) is 41.0 Å². The number of aliphatic hydroxyl groups excluding tert-OH is 1. The molecule has 0 saturated carbocycles. The first kappa shape index (κ1) is 15.9. The van der Waals surface area contributed by atoms with Crippen LogP contribution in [0.4, 0.5) is 0 Å². The van der Waals surface area contributed by atoms with E-state index in [9.17, 15) is 5.11 Å². The first-order valence-electron chi connectivity index (χ1n) is 6.75. The molecule has 1 heterocycles. The topological polar surface area (TPSA) is 38.7 Å². The lowest BCUT2D eigenvalue weighted by atomic mass is 9.99. The first-order chi connectivity index (χ1) is 8.08. The molecule has 1 rings (SSSR count). The van der Waals surface area contributed by atoms with E-state index in [1.54, 1.807) is 0 Å². The fourth-order valence-corrected chi connectivity index (χ4v) is 2.99. The number of rotatable bonds is 2. The van der Waals surface area contributed by atoms with Gasteiger partial charge in [0.05, 0.1) is 6.10 Å². The van der Waals surface area contributed by atoms with E-state index in [0.717, 1.165) is 5.57 Å². The highest BCUT2D eigenvalue weighted by Gasteiger charge is 2.41. The third kappa shape index (κ3) is 3.44. The van der Waals surface area contributed by atoms with Crippen LogP contribution in [-0.4, -0.2) is 31.9 Å². The highest BCUT2D eigenvalue weighted by molar-refractivity contribution is 6.74. The van der Waals surface area contributed by atoms with Crippen LogP contribution >= 0.6 is 0 Å². The van der Waals surface area contributed by atoms with Gasteiger partial charge < -0.3 is 14.3 Å². The van der Waals surface area contributed by atoms with Crippen molar-refractivity contribution in [2.75, 3.05) is 0 Å². The Hall–Kier alpha value is -0.163. The smallest absolute Gasteiger partial charge is 0.195 e. The van der Waals surface area contributed by atoms with Crippen LogP contribution in [0.2, 0.25) is 18.1 Å². The zero-order chi connectivity index (χ0) is 14.1. The minimum Gasteiger partial charge on any atom is -0.392 e. The minimum absolute atomic E-state index is 0.172. The van der Waals surface area contributed by atoms with Gasteiger partial charge in [0.1, 0.15) is 6.10 Å². The van der Waals surface area contributed by atoms with Gasteiger partial charge in [0.2, 0.25) is 0 Å². The quantitative estimate of drug-likeness (QED) is 0.618. The maximum atomic E-state index is 9.98. The summed E-state index contributed by atoms with van der Waals surface area (Å²) in [6.45, 7) is 15.0. The van der Waals surface area contributed by atoms with E-state index in [4.69, 9.17) is 9.16 Å². The predicted octanol–water partition coefficient (Wildman–Crippen LogP) is 3.45. The number of allylic oxidation sites excluding steroid dienone is 1. The summed E-state index contributed by atoms with van der Waals surface area (Å²) in [5.41, 5.74) is 1.03.